The maximum absolute atomic E-state index is 13.7. The fourth-order valence-corrected chi connectivity index (χ4v) is 2.71. The summed E-state index contributed by atoms with van der Waals surface area (Å²) in [5.74, 6) is -5.06. The summed E-state index contributed by atoms with van der Waals surface area (Å²) >= 11 is 0. The molecule has 2 aromatic rings. The number of rotatable bonds is 3. The van der Waals surface area contributed by atoms with Crippen molar-refractivity contribution in [2.24, 2.45) is 0 Å². The van der Waals surface area contributed by atoms with E-state index in [4.69, 9.17) is 5.73 Å². The van der Waals surface area contributed by atoms with Crippen molar-refractivity contribution >= 4 is 21.4 Å². The van der Waals surface area contributed by atoms with Crippen LogP contribution in [-0.4, -0.2) is 8.42 Å². The number of nitrogens with two attached hydrogens (primary N) is 1. The molecule has 0 radical (unpaired) electrons. The standard InChI is InChI=1S/C12H8F4N2O2S/c13-6-4-5-9(10(16)11(6)17)21(19,20)18-12-7(14)2-1-3-8(12)15/h1-5,18H,17H2. The summed E-state index contributed by atoms with van der Waals surface area (Å²) in [7, 11) is -4.68. The van der Waals surface area contributed by atoms with Gasteiger partial charge in [-0.2, -0.15) is 0 Å². The first-order valence-electron chi connectivity index (χ1n) is 5.44. The van der Waals surface area contributed by atoms with E-state index in [1.807, 2.05) is 0 Å². The number of halogens is 4. The molecule has 0 unspecified atom stereocenters. The number of benzene rings is 2. The van der Waals surface area contributed by atoms with E-state index in [-0.39, 0.29) is 0 Å². The van der Waals surface area contributed by atoms with Crippen LogP contribution in [0.15, 0.2) is 35.2 Å². The average Bonchev–Trinajstić information content (AvgIpc) is 2.40. The molecule has 0 saturated carbocycles. The van der Waals surface area contributed by atoms with Crippen LogP contribution >= 0.6 is 0 Å². The van der Waals surface area contributed by atoms with Crippen LogP contribution in [0.1, 0.15) is 0 Å². The number of nitrogen functional groups attached to an aromatic ring is 1. The highest BCUT2D eigenvalue weighted by Gasteiger charge is 2.25. The highest BCUT2D eigenvalue weighted by Crippen LogP contribution is 2.26. The van der Waals surface area contributed by atoms with E-state index in [0.29, 0.717) is 12.1 Å². The molecule has 4 nitrogen and oxygen atoms in total. The molecule has 9 heteroatoms. The first-order chi connectivity index (χ1) is 9.74. The molecule has 112 valence electrons. The van der Waals surface area contributed by atoms with Gasteiger partial charge in [-0.05, 0) is 24.3 Å². The number of para-hydroxylation sites is 1. The molecule has 0 heterocycles. The van der Waals surface area contributed by atoms with Gasteiger partial charge in [-0.25, -0.2) is 26.0 Å². The lowest BCUT2D eigenvalue weighted by molar-refractivity contribution is 0.555. The smallest absolute Gasteiger partial charge is 0.265 e. The van der Waals surface area contributed by atoms with Crippen LogP contribution in [0.25, 0.3) is 0 Å². The van der Waals surface area contributed by atoms with Crippen LogP contribution in [0.3, 0.4) is 0 Å². The lowest BCUT2D eigenvalue weighted by Gasteiger charge is -2.11. The zero-order chi connectivity index (χ0) is 15.8. The Kier molecular flexibility index (Phi) is 3.77. The number of nitrogens with one attached hydrogen (secondary N) is 1. The van der Waals surface area contributed by atoms with Crippen LogP contribution in [0.4, 0.5) is 28.9 Å². The minimum absolute atomic E-state index is 0.599. The van der Waals surface area contributed by atoms with E-state index < -0.39 is 49.6 Å². The van der Waals surface area contributed by atoms with E-state index in [1.54, 1.807) is 4.72 Å². The van der Waals surface area contributed by atoms with Gasteiger partial charge in [-0.3, -0.25) is 4.72 Å². The summed E-state index contributed by atoms with van der Waals surface area (Å²) in [5, 5.41) is 0. The minimum atomic E-state index is -4.68. The normalized spacial score (nSPS) is 11.4. The maximum Gasteiger partial charge on any atom is 0.265 e. The Labute approximate surface area is 117 Å². The van der Waals surface area contributed by atoms with Gasteiger partial charge < -0.3 is 5.73 Å². The third-order valence-electron chi connectivity index (χ3n) is 2.58. The Morgan fingerprint density at radius 1 is 0.905 bits per heavy atom. The Bertz CT molecular complexity index is 789. The van der Waals surface area contributed by atoms with Crippen molar-refractivity contribution in [2.45, 2.75) is 4.90 Å². The van der Waals surface area contributed by atoms with Crippen molar-refractivity contribution in [2.75, 3.05) is 10.5 Å². The summed E-state index contributed by atoms with van der Waals surface area (Å²) in [5.41, 5.74) is 3.06. The molecule has 0 fully saturated rings. The lowest BCUT2D eigenvalue weighted by atomic mass is 10.3. The van der Waals surface area contributed by atoms with Crippen LogP contribution in [-0.2, 0) is 10.0 Å². The molecule has 0 amide bonds. The van der Waals surface area contributed by atoms with Crippen molar-refractivity contribution < 1.29 is 26.0 Å². The molecule has 0 spiro atoms. The van der Waals surface area contributed by atoms with Crippen LogP contribution in [0.2, 0.25) is 0 Å². The fourth-order valence-electron chi connectivity index (χ4n) is 1.54. The second-order valence-electron chi connectivity index (χ2n) is 3.98. The zero-order valence-corrected chi connectivity index (χ0v) is 11.0. The van der Waals surface area contributed by atoms with Gasteiger partial charge in [0.1, 0.15) is 33.7 Å². The summed E-state index contributed by atoms with van der Waals surface area (Å²) in [4.78, 5) is -1.02. The molecule has 0 aliphatic carbocycles. The van der Waals surface area contributed by atoms with Crippen LogP contribution in [0.5, 0.6) is 0 Å². The van der Waals surface area contributed by atoms with Gasteiger partial charge in [0.25, 0.3) is 10.0 Å². The fraction of sp³-hybridized carbons (Fsp3) is 0. The van der Waals surface area contributed by atoms with Gasteiger partial charge in [0.2, 0.25) is 0 Å². The lowest BCUT2D eigenvalue weighted by Crippen LogP contribution is -2.17. The molecular formula is C12H8F4N2O2S. The first-order valence-corrected chi connectivity index (χ1v) is 6.92. The predicted octanol–water partition coefficient (Wildman–Crippen LogP) is 2.63. The average molecular weight is 320 g/mol. The third kappa shape index (κ3) is 2.77. The zero-order valence-electron chi connectivity index (χ0n) is 10.2. The number of anilines is 2. The highest BCUT2D eigenvalue weighted by molar-refractivity contribution is 7.92. The molecule has 2 rings (SSSR count). The molecule has 0 atom stereocenters. The Morgan fingerprint density at radius 3 is 2.05 bits per heavy atom. The van der Waals surface area contributed by atoms with Crippen molar-refractivity contribution in [1.82, 2.24) is 0 Å². The predicted molar refractivity (Wildman–Crippen MR) is 67.9 cm³/mol. The van der Waals surface area contributed by atoms with Gasteiger partial charge in [0.05, 0.1) is 0 Å². The van der Waals surface area contributed by atoms with Gasteiger partial charge in [-0.15, -0.1) is 0 Å². The first kappa shape index (κ1) is 15.1. The van der Waals surface area contributed by atoms with Gasteiger partial charge >= 0.3 is 0 Å². The van der Waals surface area contributed by atoms with Crippen molar-refractivity contribution in [1.29, 1.82) is 0 Å². The van der Waals surface area contributed by atoms with Gasteiger partial charge in [0.15, 0.2) is 5.82 Å². The van der Waals surface area contributed by atoms with Crippen LogP contribution < -0.4 is 10.5 Å². The quantitative estimate of drug-likeness (QED) is 0.674. The summed E-state index contributed by atoms with van der Waals surface area (Å²) < 4.78 is 78.9. The second-order valence-corrected chi connectivity index (χ2v) is 5.63. The van der Waals surface area contributed by atoms with Crippen molar-refractivity contribution in [3.8, 4) is 0 Å². The molecule has 3 N–H and O–H groups in total. The molecule has 21 heavy (non-hydrogen) atoms. The third-order valence-corrected chi connectivity index (χ3v) is 3.95. The monoisotopic (exact) mass is 320 g/mol. The maximum atomic E-state index is 13.7. The molecule has 0 bridgehead atoms. The van der Waals surface area contributed by atoms with Gasteiger partial charge in [-0.1, -0.05) is 6.07 Å². The Balaban J connectivity index is 2.52. The topological polar surface area (TPSA) is 72.2 Å². The molecule has 0 aliphatic heterocycles. The molecule has 2 aromatic carbocycles. The molecular weight excluding hydrogens is 312 g/mol. The van der Waals surface area contributed by atoms with E-state index in [1.165, 1.54) is 0 Å². The molecule has 0 saturated heterocycles. The largest absolute Gasteiger partial charge is 0.394 e. The molecule has 0 aromatic heterocycles. The van der Waals surface area contributed by atoms with E-state index in [9.17, 15) is 26.0 Å². The summed E-state index contributed by atoms with van der Waals surface area (Å²) in [6, 6.07) is 3.89. The molecule has 0 aliphatic rings. The highest BCUT2D eigenvalue weighted by atomic mass is 32.2. The number of sulfonamides is 1. The van der Waals surface area contributed by atoms with E-state index in [0.717, 1.165) is 18.2 Å². The second kappa shape index (κ2) is 5.24. The summed E-state index contributed by atoms with van der Waals surface area (Å²) in [6.45, 7) is 0. The van der Waals surface area contributed by atoms with Crippen molar-refractivity contribution in [3.05, 3.63) is 53.6 Å². The van der Waals surface area contributed by atoms with Gasteiger partial charge in [0, 0.05) is 0 Å². The number of hydrogen-bond acceptors (Lipinski definition) is 3. The van der Waals surface area contributed by atoms with Crippen LogP contribution in [0, 0.1) is 23.3 Å². The van der Waals surface area contributed by atoms with E-state index >= 15 is 0 Å². The summed E-state index contributed by atoms with van der Waals surface area (Å²) in [6.07, 6.45) is 0. The minimum Gasteiger partial charge on any atom is -0.394 e. The Morgan fingerprint density at radius 2 is 1.48 bits per heavy atom. The van der Waals surface area contributed by atoms with Crippen molar-refractivity contribution in [3.63, 3.8) is 0 Å². The Hall–Kier alpha value is -2.29. The SMILES string of the molecule is Nc1c(F)ccc(S(=O)(=O)Nc2c(F)cccc2F)c1F. The van der Waals surface area contributed by atoms with E-state index in [2.05, 4.69) is 0 Å². The number of hydrogen-bond donors (Lipinski definition) is 2.